The number of para-hydroxylation sites is 6. The first-order valence-electron chi connectivity index (χ1n) is 47.7. The van der Waals surface area contributed by atoms with Crippen LogP contribution in [0, 0.1) is 0 Å². The summed E-state index contributed by atoms with van der Waals surface area (Å²) in [7, 11) is -3.11. The highest BCUT2D eigenvalue weighted by Gasteiger charge is 2.33. The molecule has 14 N–H and O–H groups in total. The summed E-state index contributed by atoms with van der Waals surface area (Å²) in [5.74, 6) is 1.04. The molecule has 0 saturated carbocycles. The lowest BCUT2D eigenvalue weighted by Gasteiger charge is -2.44. The lowest BCUT2D eigenvalue weighted by atomic mass is 10.00. The van der Waals surface area contributed by atoms with Crippen LogP contribution >= 0.6 is 73.3 Å². The van der Waals surface area contributed by atoms with E-state index in [0.717, 1.165) is 187 Å². The van der Waals surface area contributed by atoms with Crippen LogP contribution in [0.3, 0.4) is 0 Å². The van der Waals surface area contributed by atoms with Gasteiger partial charge < -0.3 is 114 Å². The van der Waals surface area contributed by atoms with Crippen molar-refractivity contribution in [3.63, 3.8) is 0 Å². The van der Waals surface area contributed by atoms with E-state index < -0.39 is 10.0 Å². The molecule has 6 aromatic carbocycles. The molecule has 0 aliphatic carbocycles. The van der Waals surface area contributed by atoms with Crippen LogP contribution in [0.5, 0.6) is 0 Å². The van der Waals surface area contributed by atoms with E-state index in [9.17, 15) is 8.42 Å². The number of piperazine rings is 6. The number of rotatable bonds is 9. The minimum atomic E-state index is -3.11. The summed E-state index contributed by atoms with van der Waals surface area (Å²) in [6.07, 6.45) is 23.0. The summed E-state index contributed by atoms with van der Waals surface area (Å²) in [6, 6.07) is 62.3. The van der Waals surface area contributed by atoms with Crippen molar-refractivity contribution in [3.05, 3.63) is 265 Å². The third kappa shape index (κ3) is 26.7. The van der Waals surface area contributed by atoms with E-state index >= 15 is 0 Å². The van der Waals surface area contributed by atoms with Gasteiger partial charge in [-0.05, 0) is 208 Å². The zero-order valence-electron chi connectivity index (χ0n) is 78.5. The molecule has 13 aliphatic heterocycles. The number of hydrogen-bond acceptors (Lipinski definition) is 21. The van der Waals surface area contributed by atoms with E-state index in [1.807, 2.05) is 84.8 Å². The summed E-state index contributed by atoms with van der Waals surface area (Å²) in [6.45, 7) is 30.6. The molecule has 720 valence electrons. The third-order valence-electron chi connectivity index (χ3n) is 26.4. The van der Waals surface area contributed by atoms with Gasteiger partial charge in [0, 0.05) is 323 Å². The maximum atomic E-state index is 11.5. The summed E-state index contributed by atoms with van der Waals surface area (Å²) in [4.78, 5) is 29.1. The molecule has 0 radical (unpaired) electrons. The van der Waals surface area contributed by atoms with Crippen LogP contribution in [0.2, 0.25) is 0 Å². The van der Waals surface area contributed by atoms with Crippen LogP contribution in [0.1, 0.15) is 73.4 Å². The summed E-state index contributed by atoms with van der Waals surface area (Å²) >= 11 is 33.2. The van der Waals surface area contributed by atoms with Crippen LogP contribution in [0.4, 0.5) is 45.6 Å². The first-order valence-corrected chi connectivity index (χ1v) is 52.0. The molecule has 21 rings (SSSR count). The second kappa shape index (κ2) is 48.1. The Bertz CT molecular complexity index is 5710. The number of nitrogens with one attached hydrogen (secondary N) is 14. The lowest BCUT2D eigenvalue weighted by molar-refractivity contribution is 0.0802. The Kier molecular flexibility index (Phi) is 34.6. The minimum Gasteiger partial charge on any atom is -0.380 e. The molecule has 7 saturated heterocycles. The second-order valence-corrected chi connectivity index (χ2v) is 40.2. The van der Waals surface area contributed by atoms with E-state index in [1.54, 1.807) is 0 Å². The molecule has 2 unspecified atom stereocenters. The molecule has 0 bridgehead atoms. The Morgan fingerprint density at radius 1 is 0.343 bits per heavy atom. The van der Waals surface area contributed by atoms with Gasteiger partial charge in [0.1, 0.15) is 5.82 Å². The number of benzene rings is 6. The normalized spacial score (nSPS) is 21.7. The first kappa shape index (κ1) is 98.4. The Morgan fingerprint density at radius 2 is 0.672 bits per heavy atom. The minimum absolute atomic E-state index is 0.468. The number of anilines is 8. The van der Waals surface area contributed by atoms with Gasteiger partial charge in [0.2, 0.25) is 10.0 Å². The van der Waals surface area contributed by atoms with Gasteiger partial charge in [-0.2, -0.15) is 4.31 Å². The fourth-order valence-corrected chi connectivity index (χ4v) is 21.2. The molecular weight excluding hydrogens is 1850 g/mol. The first-order chi connectivity index (χ1) is 66.7. The van der Waals surface area contributed by atoms with E-state index in [2.05, 4.69) is 296 Å². The van der Waals surface area contributed by atoms with Crippen LogP contribution in [-0.4, -0.2) is 295 Å². The molecule has 0 amide bonds. The molecule has 35 heteroatoms. The van der Waals surface area contributed by atoms with Crippen molar-refractivity contribution in [1.82, 2.24) is 91.1 Å². The SMILES string of the molecule is CC1CN(C(=S)N/C=C2/CNc3ccccc32)CCN1.CS(=O)(=O)N1CCN(C(=S)N/C=C2/CNc3ccccc32)CC1.C[C@@H]1CN(C(=S)N/C=C2/CNc3ccccc32)C[C@H](C)N1.S=C(N/C=C1/CNc2ccccc21)N1CCN(c2ccccn2)CC1.S=C(N/C=C1/CNc2ccccc21)N1CCN(c2ccncc2)CC1.S=C(N/C=C1/CNc2ccccc21)N1CCN2CCCCC2C1. The number of pyridine rings is 2. The van der Waals surface area contributed by atoms with Crippen molar-refractivity contribution >= 4 is 193 Å². The number of sulfonamides is 1. The fourth-order valence-electron chi connectivity index (χ4n) is 19.0. The Morgan fingerprint density at radius 3 is 1.04 bits per heavy atom. The van der Waals surface area contributed by atoms with Crippen molar-refractivity contribution < 1.29 is 8.42 Å². The van der Waals surface area contributed by atoms with E-state index in [-0.39, 0.29) is 0 Å². The quantitative estimate of drug-likeness (QED) is 0.0599. The predicted octanol–water partition coefficient (Wildman–Crippen LogP) is 12.1. The van der Waals surface area contributed by atoms with Crippen molar-refractivity contribution in [2.45, 2.75) is 64.2 Å². The molecule has 2 aromatic heterocycles. The van der Waals surface area contributed by atoms with Crippen LogP contribution in [-0.2, 0) is 10.0 Å². The number of thiocarbonyl (C=S) groups is 6. The van der Waals surface area contributed by atoms with E-state index in [4.69, 9.17) is 73.3 Å². The highest BCUT2D eigenvalue weighted by atomic mass is 32.2. The number of nitrogens with zero attached hydrogens (tertiary/aromatic N) is 12. The topological polar surface area (TPSA) is 261 Å². The largest absolute Gasteiger partial charge is 0.380 e. The molecule has 7 fully saturated rings. The standard InChI is InChI=1S/2C19H21N5S.C18H24N4S.C16H22N4S.C15H20N4O2S2.C15H20N4S/c25-19(22-14-15-13-21-17-6-2-1-5-16(15)17)24-11-9-23(10-12-24)18-7-3-4-8-20-18;25-19(22-14-15-13-21-18-4-2-1-3-17(15)18)24-11-9-23(10-12-24)16-5-7-20-8-6-16;23-18(22-10-9-21-8-4-3-5-15(21)13-22)20-12-14-11-19-17-7-2-1-6-16(14)17;1-11-9-20(10-12(2)19-11)16(21)18-8-13-7-17-15-6-4-3-5-14(13)15;1-23(20,21)19-8-6-18(7-9-19)15(22)17-11-12-10-16-14-5-3-2-4-13(12)14;1-11-10-19(7-6-16-11)15(20)18-9-12-8-17-14-5-3-2-4-13(12)14/h2*1-8,14,21H,9-13H2,(H,22,25);1-2,6-7,12,15,19H,3-5,8-11,13H2,(H,20,23);3-6,8,11-12,17,19H,7,9-10H2,1-2H3,(H,18,21);2-5,11,16H,6-10H2,1H3,(H,17,22);2-5,9,11,16-17H,6-8,10H2,1H3,(H,18,20)/b2*15-14-;14-12-;13-8-;12-11-;12-9-/t;;;11-,12+;;. The molecule has 13 aliphatic rings. The van der Waals surface area contributed by atoms with Gasteiger partial charge in [0.05, 0.1) is 6.26 Å². The molecule has 15 heterocycles. The Balaban J connectivity index is 0.000000119. The molecule has 137 heavy (non-hydrogen) atoms. The van der Waals surface area contributed by atoms with Gasteiger partial charge in [-0.3, -0.25) is 9.88 Å². The Labute approximate surface area is 840 Å². The molecule has 0 spiro atoms. The van der Waals surface area contributed by atoms with Gasteiger partial charge in [-0.15, -0.1) is 0 Å². The van der Waals surface area contributed by atoms with Crippen molar-refractivity contribution in [1.29, 1.82) is 0 Å². The number of aromatic nitrogens is 2. The summed E-state index contributed by atoms with van der Waals surface area (Å²) < 4.78 is 24.5. The monoisotopic (exact) mass is 1970 g/mol. The van der Waals surface area contributed by atoms with Gasteiger partial charge in [-0.25, -0.2) is 13.4 Å². The van der Waals surface area contributed by atoms with E-state index in [1.165, 1.54) is 132 Å². The summed E-state index contributed by atoms with van der Waals surface area (Å²) in [5.41, 5.74) is 23.3. The van der Waals surface area contributed by atoms with Crippen LogP contribution < -0.4 is 84.2 Å². The van der Waals surface area contributed by atoms with Gasteiger partial charge in [0.25, 0.3) is 0 Å². The van der Waals surface area contributed by atoms with Gasteiger partial charge >= 0.3 is 0 Å². The maximum absolute atomic E-state index is 11.5. The predicted molar refractivity (Wildman–Crippen MR) is 589 cm³/mol. The zero-order valence-corrected chi connectivity index (χ0v) is 84.2. The fraction of sp³-hybridized carbons (Fsp3) is 0.373. The molecule has 4 atom stereocenters. The Hall–Kier alpha value is -11.6. The average molecular weight is 1970 g/mol. The van der Waals surface area contributed by atoms with Gasteiger partial charge in [-0.1, -0.05) is 122 Å². The highest BCUT2D eigenvalue weighted by Crippen LogP contribution is 2.36. The number of piperidine rings is 1. The number of hydrogen-bond donors (Lipinski definition) is 14. The second-order valence-electron chi connectivity index (χ2n) is 35.9. The van der Waals surface area contributed by atoms with Crippen molar-refractivity contribution in [2.24, 2.45) is 0 Å². The molecule has 8 aromatic rings. The van der Waals surface area contributed by atoms with Crippen molar-refractivity contribution in [2.75, 3.05) is 225 Å². The van der Waals surface area contributed by atoms with Gasteiger partial charge in [0.15, 0.2) is 30.7 Å². The molecular formula is C102H128N26O2S7. The number of fused-ring (bicyclic) bond motifs is 7. The average Bonchev–Trinajstić information content (AvgIpc) is 1.05. The smallest absolute Gasteiger partial charge is 0.211 e. The lowest BCUT2D eigenvalue weighted by Crippen LogP contribution is -2.57. The van der Waals surface area contributed by atoms with Crippen LogP contribution in [0.15, 0.2) is 232 Å². The van der Waals surface area contributed by atoms with E-state index in [0.29, 0.717) is 55.5 Å². The molecule has 28 nitrogen and oxygen atoms in total. The maximum Gasteiger partial charge on any atom is 0.211 e. The zero-order chi connectivity index (χ0) is 95.0. The summed E-state index contributed by atoms with van der Waals surface area (Å²) in [5, 5.41) is 51.7. The van der Waals surface area contributed by atoms with Crippen LogP contribution in [0.25, 0.3) is 33.4 Å². The highest BCUT2D eigenvalue weighted by molar-refractivity contribution is 7.88. The third-order valence-corrected chi connectivity index (χ3v) is 30.0. The van der Waals surface area contributed by atoms with Crippen molar-refractivity contribution in [3.8, 4) is 0 Å².